The van der Waals surface area contributed by atoms with Gasteiger partial charge in [0, 0.05) is 31.9 Å². The zero-order valence-electron chi connectivity index (χ0n) is 20.0. The number of carbonyl (C=O) groups is 2. The van der Waals surface area contributed by atoms with Crippen molar-refractivity contribution in [3.8, 4) is 10.6 Å². The van der Waals surface area contributed by atoms with Crippen LogP contribution in [0.25, 0.3) is 21.7 Å². The molecule has 0 aliphatic carbocycles. The fourth-order valence-electron chi connectivity index (χ4n) is 4.49. The first-order valence-electron chi connectivity index (χ1n) is 11.6. The lowest BCUT2D eigenvalue weighted by atomic mass is 10.1. The molecule has 9 heteroatoms. The van der Waals surface area contributed by atoms with Gasteiger partial charge in [-0.05, 0) is 49.4 Å². The van der Waals surface area contributed by atoms with Crippen molar-refractivity contribution in [3.63, 3.8) is 0 Å². The molecule has 8 nitrogen and oxygen atoms in total. The van der Waals surface area contributed by atoms with Crippen LogP contribution in [0.4, 0.5) is 5.69 Å². The summed E-state index contributed by atoms with van der Waals surface area (Å²) in [6, 6.07) is 11.7. The average molecular weight is 490 g/mol. The molecule has 4 aromatic rings. The van der Waals surface area contributed by atoms with Gasteiger partial charge in [0.05, 0.1) is 33.8 Å². The van der Waals surface area contributed by atoms with Crippen LogP contribution in [-0.4, -0.2) is 64.5 Å². The van der Waals surface area contributed by atoms with Gasteiger partial charge in [-0.15, -0.1) is 11.3 Å². The summed E-state index contributed by atoms with van der Waals surface area (Å²) in [5.74, 6) is -0.111. The number of fused-ring (bicyclic) bond motifs is 1. The van der Waals surface area contributed by atoms with Gasteiger partial charge in [-0.3, -0.25) is 14.5 Å². The lowest BCUT2D eigenvalue weighted by Gasteiger charge is -2.34. The largest absolute Gasteiger partial charge is 0.336 e. The van der Waals surface area contributed by atoms with Crippen LogP contribution < -0.4 is 5.32 Å². The van der Waals surface area contributed by atoms with E-state index in [2.05, 4.69) is 20.4 Å². The molecule has 0 atom stereocenters. The van der Waals surface area contributed by atoms with Gasteiger partial charge in [-0.25, -0.2) is 4.98 Å². The summed E-state index contributed by atoms with van der Waals surface area (Å²) in [4.78, 5) is 35.7. The van der Waals surface area contributed by atoms with Crippen molar-refractivity contribution in [3.05, 3.63) is 64.2 Å². The molecule has 1 aromatic carbocycles. The van der Waals surface area contributed by atoms with E-state index < -0.39 is 0 Å². The molecule has 0 unspecified atom stereocenters. The number of aryl methyl sites for hydroxylation is 3. The third-order valence-corrected chi connectivity index (χ3v) is 7.29. The number of amides is 2. The minimum absolute atomic E-state index is 0.0429. The molecule has 0 radical (unpaired) electrons. The summed E-state index contributed by atoms with van der Waals surface area (Å²) in [6.07, 6.45) is 0. The molecule has 0 bridgehead atoms. The fraction of sp³-hybridized carbons (Fsp3) is 0.308. The molecule has 1 aliphatic heterocycles. The Morgan fingerprint density at radius 1 is 1.06 bits per heavy atom. The van der Waals surface area contributed by atoms with Crippen LogP contribution >= 0.6 is 11.3 Å². The lowest BCUT2D eigenvalue weighted by molar-refractivity contribution is -0.117. The molecule has 1 saturated heterocycles. The van der Waals surface area contributed by atoms with Gasteiger partial charge in [0.2, 0.25) is 5.91 Å². The van der Waals surface area contributed by atoms with Gasteiger partial charge in [-0.2, -0.15) is 0 Å². The molecule has 180 valence electrons. The smallest absolute Gasteiger partial charge is 0.259 e. The second-order valence-corrected chi connectivity index (χ2v) is 9.81. The molecule has 0 spiro atoms. The van der Waals surface area contributed by atoms with E-state index >= 15 is 0 Å². The minimum Gasteiger partial charge on any atom is -0.336 e. The summed E-state index contributed by atoms with van der Waals surface area (Å²) < 4.78 is 5.41. The van der Waals surface area contributed by atoms with Gasteiger partial charge in [0.25, 0.3) is 11.6 Å². The van der Waals surface area contributed by atoms with Crippen LogP contribution in [0.15, 0.2) is 46.3 Å². The quantitative estimate of drug-likeness (QED) is 0.450. The molecular formula is C26H27N5O3S. The lowest BCUT2D eigenvalue weighted by Crippen LogP contribution is -2.50. The maximum Gasteiger partial charge on any atom is 0.259 e. The van der Waals surface area contributed by atoms with E-state index in [1.165, 1.54) is 0 Å². The van der Waals surface area contributed by atoms with E-state index in [0.717, 1.165) is 21.7 Å². The van der Waals surface area contributed by atoms with Crippen molar-refractivity contribution in [1.29, 1.82) is 0 Å². The number of thiophene rings is 1. The van der Waals surface area contributed by atoms with Crippen molar-refractivity contribution < 1.29 is 14.1 Å². The first-order chi connectivity index (χ1) is 16.9. The minimum atomic E-state index is -0.0684. The van der Waals surface area contributed by atoms with E-state index in [1.54, 1.807) is 11.3 Å². The summed E-state index contributed by atoms with van der Waals surface area (Å²) >= 11 is 1.56. The van der Waals surface area contributed by atoms with Crippen LogP contribution in [0.2, 0.25) is 0 Å². The van der Waals surface area contributed by atoms with Crippen LogP contribution in [0, 0.1) is 20.8 Å². The SMILES string of the molecule is Cc1cccc(C)c1NC(=O)CN1CCN(C(=O)c2cc(-c3cccs3)nc3onc(C)c23)CC1. The number of pyridine rings is 1. The second-order valence-electron chi connectivity index (χ2n) is 8.86. The van der Waals surface area contributed by atoms with Gasteiger partial charge in [0.15, 0.2) is 0 Å². The van der Waals surface area contributed by atoms with E-state index in [-0.39, 0.29) is 11.8 Å². The zero-order valence-corrected chi connectivity index (χ0v) is 20.8. The topological polar surface area (TPSA) is 91.6 Å². The standard InChI is InChI=1S/C26H27N5O3S/c1-16-6-4-7-17(2)24(16)28-22(32)15-30-9-11-31(12-10-30)26(33)19-14-20(21-8-5-13-35-21)27-25-23(19)18(3)29-34-25/h4-8,13-14H,9-12,15H2,1-3H3,(H,28,32). The van der Waals surface area contributed by atoms with Crippen LogP contribution in [0.1, 0.15) is 27.2 Å². The number of para-hydroxylation sites is 1. The highest BCUT2D eigenvalue weighted by atomic mass is 32.1. The Balaban J connectivity index is 1.27. The highest BCUT2D eigenvalue weighted by Gasteiger charge is 2.27. The Morgan fingerprint density at radius 2 is 1.80 bits per heavy atom. The van der Waals surface area contributed by atoms with Crippen molar-refractivity contribution in [2.45, 2.75) is 20.8 Å². The van der Waals surface area contributed by atoms with E-state index in [4.69, 9.17) is 4.52 Å². The van der Waals surface area contributed by atoms with Gasteiger partial charge >= 0.3 is 0 Å². The maximum atomic E-state index is 13.6. The van der Waals surface area contributed by atoms with Crippen molar-refractivity contribution >= 4 is 39.9 Å². The molecule has 35 heavy (non-hydrogen) atoms. The number of anilines is 1. The fourth-order valence-corrected chi connectivity index (χ4v) is 5.17. The predicted octanol–water partition coefficient (Wildman–Crippen LogP) is 4.27. The van der Waals surface area contributed by atoms with E-state index in [9.17, 15) is 9.59 Å². The van der Waals surface area contributed by atoms with Crippen LogP contribution in [-0.2, 0) is 4.79 Å². The summed E-state index contributed by atoms with van der Waals surface area (Å²) in [5.41, 5.74) is 5.24. The normalized spacial score (nSPS) is 14.4. The Bertz CT molecular complexity index is 1370. The monoisotopic (exact) mass is 489 g/mol. The van der Waals surface area contributed by atoms with Crippen molar-refractivity contribution in [2.75, 3.05) is 38.0 Å². The molecule has 3 aromatic heterocycles. The molecule has 5 rings (SSSR count). The Morgan fingerprint density at radius 3 is 2.49 bits per heavy atom. The Hall–Kier alpha value is -3.56. The average Bonchev–Trinajstić information content (AvgIpc) is 3.52. The second kappa shape index (κ2) is 9.59. The Kier molecular flexibility index (Phi) is 6.36. The zero-order chi connectivity index (χ0) is 24.5. The summed E-state index contributed by atoms with van der Waals surface area (Å²) in [5, 5.41) is 9.72. The molecule has 1 aliphatic rings. The summed E-state index contributed by atoms with van der Waals surface area (Å²) in [6.45, 7) is 8.43. The number of carbonyl (C=O) groups excluding carboxylic acids is 2. The van der Waals surface area contributed by atoms with Crippen molar-refractivity contribution in [1.82, 2.24) is 19.9 Å². The number of aromatic nitrogens is 2. The first-order valence-corrected chi connectivity index (χ1v) is 12.5. The number of benzene rings is 1. The number of hydrogen-bond acceptors (Lipinski definition) is 7. The van der Waals surface area contributed by atoms with Gasteiger partial charge in [0.1, 0.15) is 0 Å². The van der Waals surface area contributed by atoms with Gasteiger partial charge < -0.3 is 14.7 Å². The third kappa shape index (κ3) is 4.69. The number of rotatable bonds is 5. The number of hydrogen-bond donors (Lipinski definition) is 1. The van der Waals surface area contributed by atoms with Crippen LogP contribution in [0.3, 0.4) is 0 Å². The summed E-state index contributed by atoms with van der Waals surface area (Å²) in [7, 11) is 0. The molecule has 1 fully saturated rings. The molecule has 4 heterocycles. The van der Waals surface area contributed by atoms with Crippen LogP contribution in [0.5, 0.6) is 0 Å². The number of nitrogens with zero attached hydrogens (tertiary/aromatic N) is 4. The molecule has 1 N–H and O–H groups in total. The molecule has 2 amide bonds. The molecular weight excluding hydrogens is 462 g/mol. The molecule has 0 saturated carbocycles. The maximum absolute atomic E-state index is 13.6. The highest BCUT2D eigenvalue weighted by Crippen LogP contribution is 2.30. The number of nitrogens with one attached hydrogen (secondary N) is 1. The first kappa shape index (κ1) is 23.2. The van der Waals surface area contributed by atoms with Gasteiger partial charge in [-0.1, -0.05) is 29.4 Å². The predicted molar refractivity (Wildman–Crippen MR) is 137 cm³/mol. The highest BCUT2D eigenvalue weighted by molar-refractivity contribution is 7.13. The van der Waals surface area contributed by atoms with Crippen molar-refractivity contribution in [2.24, 2.45) is 0 Å². The van der Waals surface area contributed by atoms with E-state index in [1.807, 2.05) is 67.4 Å². The number of piperazine rings is 1. The Labute approximate surface area is 207 Å². The van der Waals surface area contributed by atoms with E-state index in [0.29, 0.717) is 60.8 Å². The third-order valence-electron chi connectivity index (χ3n) is 6.39.